The maximum absolute atomic E-state index is 9.85. The van der Waals surface area contributed by atoms with Crippen molar-refractivity contribution in [3.8, 4) is 0 Å². The highest BCUT2D eigenvalue weighted by Gasteiger charge is 2.38. The Labute approximate surface area is 117 Å². The summed E-state index contributed by atoms with van der Waals surface area (Å²) >= 11 is 0. The van der Waals surface area contributed by atoms with Crippen molar-refractivity contribution in [1.29, 1.82) is 0 Å². The van der Waals surface area contributed by atoms with Crippen LogP contribution in [-0.2, 0) is 9.47 Å². The maximum Gasteiger partial charge on any atom is 0.101 e. The van der Waals surface area contributed by atoms with E-state index in [2.05, 4.69) is 13.8 Å². The summed E-state index contributed by atoms with van der Waals surface area (Å²) < 4.78 is 11.3. The second-order valence-corrected chi connectivity index (χ2v) is 6.90. The first-order valence-electron chi connectivity index (χ1n) is 7.42. The van der Waals surface area contributed by atoms with Crippen molar-refractivity contribution in [2.24, 2.45) is 11.1 Å². The molecule has 3 N–H and O–H groups in total. The molecule has 4 heteroatoms. The van der Waals surface area contributed by atoms with Gasteiger partial charge >= 0.3 is 0 Å². The molecule has 0 aliphatic heterocycles. The SMILES string of the molecule is CC(C)OCC(O)COC1(CN)CCC(C)(C)CC1. The molecule has 0 bridgehead atoms. The molecular formula is C15H31NO3. The van der Waals surface area contributed by atoms with E-state index in [1.807, 2.05) is 13.8 Å². The third kappa shape index (κ3) is 5.78. The molecule has 0 heterocycles. The number of nitrogens with two attached hydrogens (primary N) is 1. The largest absolute Gasteiger partial charge is 0.388 e. The molecule has 0 spiro atoms. The van der Waals surface area contributed by atoms with Crippen molar-refractivity contribution in [2.75, 3.05) is 19.8 Å². The first kappa shape index (κ1) is 16.9. The molecule has 4 nitrogen and oxygen atoms in total. The molecule has 0 aromatic rings. The normalized spacial score (nSPS) is 23.5. The van der Waals surface area contributed by atoms with Gasteiger partial charge in [-0.3, -0.25) is 0 Å². The summed E-state index contributed by atoms with van der Waals surface area (Å²) in [5, 5.41) is 9.85. The highest BCUT2D eigenvalue weighted by atomic mass is 16.5. The van der Waals surface area contributed by atoms with Crippen molar-refractivity contribution >= 4 is 0 Å². The van der Waals surface area contributed by atoms with Crippen LogP contribution in [0.3, 0.4) is 0 Å². The second kappa shape index (κ2) is 7.02. The lowest BCUT2D eigenvalue weighted by atomic mass is 9.71. The van der Waals surface area contributed by atoms with Crippen molar-refractivity contribution in [3.63, 3.8) is 0 Å². The van der Waals surface area contributed by atoms with E-state index in [1.54, 1.807) is 0 Å². The Morgan fingerprint density at radius 3 is 2.16 bits per heavy atom. The summed E-state index contributed by atoms with van der Waals surface area (Å²) in [6, 6.07) is 0. The number of hydrogen-bond donors (Lipinski definition) is 2. The number of aliphatic hydroxyl groups excluding tert-OH is 1. The molecule has 1 fully saturated rings. The monoisotopic (exact) mass is 273 g/mol. The van der Waals surface area contributed by atoms with Gasteiger partial charge in [-0.05, 0) is 44.9 Å². The van der Waals surface area contributed by atoms with Crippen LogP contribution < -0.4 is 5.73 Å². The Kier molecular flexibility index (Phi) is 6.24. The lowest BCUT2D eigenvalue weighted by molar-refractivity contribution is -0.120. The fourth-order valence-corrected chi connectivity index (χ4v) is 2.41. The van der Waals surface area contributed by atoms with Crippen LogP contribution in [0.5, 0.6) is 0 Å². The molecule has 0 saturated heterocycles. The Hall–Kier alpha value is -0.160. The van der Waals surface area contributed by atoms with Gasteiger partial charge in [0.1, 0.15) is 6.10 Å². The highest BCUT2D eigenvalue weighted by molar-refractivity contribution is 4.91. The summed E-state index contributed by atoms with van der Waals surface area (Å²) in [6.07, 6.45) is 3.78. The molecule has 0 radical (unpaired) electrons. The molecule has 1 atom stereocenters. The fourth-order valence-electron chi connectivity index (χ4n) is 2.41. The lowest BCUT2D eigenvalue weighted by Gasteiger charge is -2.43. The van der Waals surface area contributed by atoms with E-state index in [-0.39, 0.29) is 11.7 Å². The van der Waals surface area contributed by atoms with Gasteiger partial charge in [-0.15, -0.1) is 0 Å². The average molecular weight is 273 g/mol. The van der Waals surface area contributed by atoms with Crippen LogP contribution in [0, 0.1) is 5.41 Å². The summed E-state index contributed by atoms with van der Waals surface area (Å²) in [6.45, 7) is 9.66. The number of ether oxygens (including phenoxy) is 2. The number of aliphatic hydroxyl groups is 1. The highest BCUT2D eigenvalue weighted by Crippen LogP contribution is 2.41. The first-order valence-corrected chi connectivity index (χ1v) is 7.42. The van der Waals surface area contributed by atoms with Gasteiger partial charge in [-0.25, -0.2) is 0 Å². The van der Waals surface area contributed by atoms with Crippen LogP contribution in [0.15, 0.2) is 0 Å². The van der Waals surface area contributed by atoms with E-state index in [0.29, 0.717) is 25.2 Å². The average Bonchev–Trinajstić information content (AvgIpc) is 2.36. The summed E-state index contributed by atoms with van der Waals surface area (Å²) in [5.41, 5.74) is 6.05. The quantitative estimate of drug-likeness (QED) is 0.745. The van der Waals surface area contributed by atoms with E-state index < -0.39 is 6.10 Å². The van der Waals surface area contributed by atoms with Gasteiger partial charge in [0.25, 0.3) is 0 Å². The van der Waals surface area contributed by atoms with E-state index >= 15 is 0 Å². The lowest BCUT2D eigenvalue weighted by Crippen LogP contribution is -2.47. The van der Waals surface area contributed by atoms with Gasteiger partial charge in [0.15, 0.2) is 0 Å². The Bertz CT molecular complexity index is 256. The van der Waals surface area contributed by atoms with Crippen LogP contribution in [0.1, 0.15) is 53.4 Å². The zero-order valence-corrected chi connectivity index (χ0v) is 12.9. The number of hydrogen-bond acceptors (Lipinski definition) is 4. The zero-order valence-electron chi connectivity index (χ0n) is 12.9. The molecule has 1 saturated carbocycles. The van der Waals surface area contributed by atoms with E-state index in [9.17, 15) is 5.11 Å². The minimum Gasteiger partial charge on any atom is -0.388 e. The minimum absolute atomic E-state index is 0.133. The third-order valence-corrected chi connectivity index (χ3v) is 4.09. The molecule has 1 aliphatic rings. The molecule has 1 unspecified atom stereocenters. The van der Waals surface area contributed by atoms with Crippen molar-refractivity contribution < 1.29 is 14.6 Å². The molecule has 114 valence electrons. The zero-order chi connectivity index (χ0) is 14.5. The van der Waals surface area contributed by atoms with Crippen LogP contribution >= 0.6 is 0 Å². The van der Waals surface area contributed by atoms with Crippen LogP contribution in [-0.4, -0.2) is 42.7 Å². The van der Waals surface area contributed by atoms with E-state index in [4.69, 9.17) is 15.2 Å². The van der Waals surface area contributed by atoms with Gasteiger partial charge in [-0.1, -0.05) is 13.8 Å². The second-order valence-electron chi connectivity index (χ2n) is 6.90. The summed E-state index contributed by atoms with van der Waals surface area (Å²) in [4.78, 5) is 0. The molecule has 1 aliphatic carbocycles. The Balaban J connectivity index is 2.36. The fraction of sp³-hybridized carbons (Fsp3) is 1.00. The molecule has 1 rings (SSSR count). The Morgan fingerprint density at radius 1 is 1.11 bits per heavy atom. The summed E-state index contributed by atoms with van der Waals surface area (Å²) in [7, 11) is 0. The van der Waals surface area contributed by atoms with Crippen molar-refractivity contribution in [1.82, 2.24) is 0 Å². The summed E-state index contributed by atoms with van der Waals surface area (Å²) in [5.74, 6) is 0. The topological polar surface area (TPSA) is 64.7 Å². The molecular weight excluding hydrogens is 242 g/mol. The van der Waals surface area contributed by atoms with Crippen LogP contribution in [0.2, 0.25) is 0 Å². The van der Waals surface area contributed by atoms with E-state index in [1.165, 1.54) is 0 Å². The smallest absolute Gasteiger partial charge is 0.101 e. The van der Waals surface area contributed by atoms with E-state index in [0.717, 1.165) is 25.7 Å². The van der Waals surface area contributed by atoms with Crippen molar-refractivity contribution in [2.45, 2.75) is 71.2 Å². The van der Waals surface area contributed by atoms with Gasteiger partial charge in [0, 0.05) is 6.54 Å². The minimum atomic E-state index is -0.569. The molecule has 0 aromatic carbocycles. The maximum atomic E-state index is 9.85. The first-order chi connectivity index (χ1) is 8.79. The van der Waals surface area contributed by atoms with Gasteiger partial charge < -0.3 is 20.3 Å². The van der Waals surface area contributed by atoms with Crippen LogP contribution in [0.25, 0.3) is 0 Å². The predicted octanol–water partition coefficient (Wildman–Crippen LogP) is 2.09. The third-order valence-electron chi connectivity index (χ3n) is 4.09. The predicted molar refractivity (Wildman–Crippen MR) is 77.1 cm³/mol. The van der Waals surface area contributed by atoms with Crippen LogP contribution in [0.4, 0.5) is 0 Å². The van der Waals surface area contributed by atoms with Gasteiger partial charge in [0.2, 0.25) is 0 Å². The molecule has 0 aromatic heterocycles. The standard InChI is InChI=1S/C15H31NO3/c1-12(2)18-9-13(17)10-19-15(11-16)7-5-14(3,4)6-8-15/h12-13,17H,5-11,16H2,1-4H3. The van der Waals surface area contributed by atoms with Gasteiger partial charge in [0.05, 0.1) is 24.9 Å². The molecule has 0 amide bonds. The Morgan fingerprint density at radius 2 is 1.68 bits per heavy atom. The number of rotatable bonds is 7. The molecule has 19 heavy (non-hydrogen) atoms. The van der Waals surface area contributed by atoms with Gasteiger partial charge in [-0.2, -0.15) is 0 Å². The van der Waals surface area contributed by atoms with Crippen molar-refractivity contribution in [3.05, 3.63) is 0 Å².